The van der Waals surface area contributed by atoms with E-state index in [-0.39, 0.29) is 12.4 Å². The predicted octanol–water partition coefficient (Wildman–Crippen LogP) is 2.47. The Hall–Kier alpha value is -0.780. The Bertz CT molecular complexity index is 376. The zero-order valence-corrected chi connectivity index (χ0v) is 10.3. The molecule has 3 nitrogen and oxygen atoms in total. The van der Waals surface area contributed by atoms with Crippen LogP contribution in [0.25, 0.3) is 0 Å². The zero-order valence-electron chi connectivity index (χ0n) is 8.16. The van der Waals surface area contributed by atoms with Crippen molar-refractivity contribution in [3.8, 4) is 11.5 Å². The van der Waals surface area contributed by atoms with Gasteiger partial charge in [0.25, 0.3) is 0 Å². The lowest BCUT2D eigenvalue weighted by Gasteiger charge is -2.05. The Morgan fingerprint density at radius 3 is 3.13 bits per heavy atom. The van der Waals surface area contributed by atoms with E-state index in [2.05, 4.69) is 22.6 Å². The van der Waals surface area contributed by atoms with Crippen molar-refractivity contribution in [2.75, 3.05) is 17.6 Å². The SMILES string of the molecule is O=C1COc2ccc(OCCCI)cc21. The molecule has 0 aliphatic carbocycles. The number of Topliss-reactive ketones (excluding diaryl/α,β-unsaturated/α-hetero) is 1. The van der Waals surface area contributed by atoms with Crippen molar-refractivity contribution in [2.24, 2.45) is 0 Å². The standard InChI is InChI=1S/C11H11IO3/c12-4-1-5-14-8-2-3-11-9(6-8)10(13)7-15-11/h2-3,6H,1,4-5,7H2. The van der Waals surface area contributed by atoms with Crippen LogP contribution in [0.2, 0.25) is 0 Å². The van der Waals surface area contributed by atoms with Crippen molar-refractivity contribution >= 4 is 28.4 Å². The molecule has 1 heterocycles. The molecule has 0 saturated heterocycles. The zero-order chi connectivity index (χ0) is 10.7. The minimum absolute atomic E-state index is 0.0318. The first-order chi connectivity index (χ1) is 7.31. The molecule has 2 rings (SSSR count). The molecular weight excluding hydrogens is 307 g/mol. The van der Waals surface area contributed by atoms with Gasteiger partial charge in [0.2, 0.25) is 5.78 Å². The van der Waals surface area contributed by atoms with Crippen LogP contribution >= 0.6 is 22.6 Å². The van der Waals surface area contributed by atoms with Crippen LogP contribution < -0.4 is 9.47 Å². The van der Waals surface area contributed by atoms with E-state index >= 15 is 0 Å². The van der Waals surface area contributed by atoms with Gasteiger partial charge < -0.3 is 9.47 Å². The van der Waals surface area contributed by atoms with Crippen molar-refractivity contribution in [1.29, 1.82) is 0 Å². The summed E-state index contributed by atoms with van der Waals surface area (Å²) in [4.78, 5) is 11.4. The minimum Gasteiger partial charge on any atom is -0.494 e. The monoisotopic (exact) mass is 318 g/mol. The quantitative estimate of drug-likeness (QED) is 0.486. The number of ketones is 1. The summed E-state index contributed by atoms with van der Waals surface area (Å²) in [5, 5.41) is 0. The van der Waals surface area contributed by atoms with Gasteiger partial charge in [0.15, 0.2) is 6.61 Å². The molecule has 0 N–H and O–H groups in total. The van der Waals surface area contributed by atoms with Crippen molar-refractivity contribution in [2.45, 2.75) is 6.42 Å². The van der Waals surface area contributed by atoms with Gasteiger partial charge >= 0.3 is 0 Å². The Morgan fingerprint density at radius 2 is 2.33 bits per heavy atom. The molecule has 15 heavy (non-hydrogen) atoms. The van der Waals surface area contributed by atoms with E-state index in [1.54, 1.807) is 12.1 Å². The highest BCUT2D eigenvalue weighted by Gasteiger charge is 2.21. The Morgan fingerprint density at radius 1 is 1.47 bits per heavy atom. The van der Waals surface area contributed by atoms with Gasteiger partial charge in [0, 0.05) is 4.43 Å². The van der Waals surface area contributed by atoms with Crippen molar-refractivity contribution in [3.05, 3.63) is 23.8 Å². The summed E-state index contributed by atoms with van der Waals surface area (Å²) < 4.78 is 11.8. The maximum atomic E-state index is 11.4. The number of carbonyl (C=O) groups excluding carboxylic acids is 1. The molecule has 1 aromatic carbocycles. The molecule has 0 bridgehead atoms. The largest absolute Gasteiger partial charge is 0.494 e. The smallest absolute Gasteiger partial charge is 0.204 e. The molecule has 0 unspecified atom stereocenters. The highest BCUT2D eigenvalue weighted by Crippen LogP contribution is 2.28. The molecule has 80 valence electrons. The molecule has 1 aliphatic heterocycles. The van der Waals surface area contributed by atoms with Gasteiger partial charge in [-0.2, -0.15) is 0 Å². The average molecular weight is 318 g/mol. The number of benzene rings is 1. The second-order valence-electron chi connectivity index (χ2n) is 3.26. The summed E-state index contributed by atoms with van der Waals surface area (Å²) in [7, 11) is 0. The van der Waals surface area contributed by atoms with Crippen LogP contribution in [0.1, 0.15) is 16.8 Å². The second kappa shape index (κ2) is 4.83. The summed E-state index contributed by atoms with van der Waals surface area (Å²) in [5.41, 5.74) is 0.641. The van der Waals surface area contributed by atoms with E-state index in [0.29, 0.717) is 17.9 Å². The van der Waals surface area contributed by atoms with E-state index in [4.69, 9.17) is 9.47 Å². The molecule has 0 fully saturated rings. The van der Waals surface area contributed by atoms with Gasteiger partial charge in [0.1, 0.15) is 11.5 Å². The molecule has 1 aliphatic rings. The van der Waals surface area contributed by atoms with Crippen molar-refractivity contribution in [1.82, 2.24) is 0 Å². The molecule has 1 aromatic rings. The fourth-order valence-electron chi connectivity index (χ4n) is 1.41. The lowest BCUT2D eigenvalue weighted by Crippen LogP contribution is -2.00. The highest BCUT2D eigenvalue weighted by molar-refractivity contribution is 14.1. The Balaban J connectivity index is 2.08. The van der Waals surface area contributed by atoms with E-state index in [1.165, 1.54) is 0 Å². The number of alkyl halides is 1. The van der Waals surface area contributed by atoms with E-state index in [9.17, 15) is 4.79 Å². The fourth-order valence-corrected chi connectivity index (χ4v) is 1.72. The van der Waals surface area contributed by atoms with Gasteiger partial charge in [-0.25, -0.2) is 0 Å². The lowest BCUT2D eigenvalue weighted by atomic mass is 10.1. The average Bonchev–Trinajstić information content (AvgIpc) is 2.61. The van der Waals surface area contributed by atoms with Crippen LogP contribution in [0.15, 0.2) is 18.2 Å². The third-order valence-electron chi connectivity index (χ3n) is 2.16. The summed E-state index contributed by atoms with van der Waals surface area (Å²) in [6.07, 6.45) is 1.02. The van der Waals surface area contributed by atoms with Gasteiger partial charge in [-0.15, -0.1) is 0 Å². The highest BCUT2D eigenvalue weighted by atomic mass is 127. The maximum Gasteiger partial charge on any atom is 0.204 e. The molecule has 0 aromatic heterocycles. The van der Waals surface area contributed by atoms with Crippen LogP contribution in [0.4, 0.5) is 0 Å². The number of halogens is 1. The van der Waals surface area contributed by atoms with Crippen molar-refractivity contribution < 1.29 is 14.3 Å². The van der Waals surface area contributed by atoms with Crippen molar-refractivity contribution in [3.63, 3.8) is 0 Å². The molecule has 0 spiro atoms. The van der Waals surface area contributed by atoms with Crippen LogP contribution in [-0.4, -0.2) is 23.4 Å². The number of fused-ring (bicyclic) bond motifs is 1. The summed E-state index contributed by atoms with van der Waals surface area (Å²) in [6, 6.07) is 5.39. The molecular formula is C11H11IO3. The summed E-state index contributed by atoms with van der Waals surface area (Å²) in [6.45, 7) is 0.851. The first-order valence-electron chi connectivity index (χ1n) is 4.80. The first-order valence-corrected chi connectivity index (χ1v) is 6.32. The third kappa shape index (κ3) is 2.42. The summed E-state index contributed by atoms with van der Waals surface area (Å²) >= 11 is 2.31. The Kier molecular flexibility index (Phi) is 3.45. The number of carbonyl (C=O) groups is 1. The van der Waals surface area contributed by atoms with E-state index in [1.807, 2.05) is 6.07 Å². The van der Waals surface area contributed by atoms with E-state index in [0.717, 1.165) is 16.6 Å². The predicted molar refractivity (Wildman–Crippen MR) is 65.3 cm³/mol. The van der Waals surface area contributed by atoms with Gasteiger partial charge in [-0.3, -0.25) is 4.79 Å². The molecule has 0 atom stereocenters. The second-order valence-corrected chi connectivity index (χ2v) is 4.34. The van der Waals surface area contributed by atoms with Gasteiger partial charge in [-0.1, -0.05) is 22.6 Å². The van der Waals surface area contributed by atoms with E-state index < -0.39 is 0 Å². The summed E-state index contributed by atoms with van der Waals surface area (Å²) in [5.74, 6) is 1.45. The first kappa shape index (κ1) is 10.7. The number of hydrogen-bond donors (Lipinski definition) is 0. The van der Waals surface area contributed by atoms with Crippen LogP contribution in [0, 0.1) is 0 Å². The fraction of sp³-hybridized carbons (Fsp3) is 0.364. The van der Waals surface area contributed by atoms with Crippen LogP contribution in [0.5, 0.6) is 11.5 Å². The van der Waals surface area contributed by atoms with Gasteiger partial charge in [-0.05, 0) is 24.6 Å². The third-order valence-corrected chi connectivity index (χ3v) is 2.92. The number of ether oxygens (including phenoxy) is 2. The lowest BCUT2D eigenvalue weighted by molar-refractivity contribution is 0.0961. The minimum atomic E-state index is 0.0318. The topological polar surface area (TPSA) is 35.5 Å². The normalized spacial score (nSPS) is 13.5. The Labute approximate surface area is 102 Å². The van der Waals surface area contributed by atoms with Crippen LogP contribution in [-0.2, 0) is 0 Å². The molecule has 0 saturated carbocycles. The number of hydrogen-bond acceptors (Lipinski definition) is 3. The molecule has 4 heteroatoms. The number of rotatable bonds is 4. The van der Waals surface area contributed by atoms with Gasteiger partial charge in [0.05, 0.1) is 12.2 Å². The van der Waals surface area contributed by atoms with Crippen LogP contribution in [0.3, 0.4) is 0 Å². The molecule has 0 amide bonds. The maximum absolute atomic E-state index is 11.4. The molecule has 0 radical (unpaired) electrons.